The molecule has 0 spiro atoms. The van der Waals surface area contributed by atoms with E-state index in [4.69, 9.17) is 0 Å². The summed E-state index contributed by atoms with van der Waals surface area (Å²) in [5, 5.41) is 58.7. The maximum Gasteiger partial charge on any atom is 0.174 e. The Morgan fingerprint density at radius 3 is 0.560 bits per heavy atom. The number of rotatable bonds is 16. The van der Waals surface area contributed by atoms with E-state index in [1.807, 2.05) is 0 Å². The summed E-state index contributed by atoms with van der Waals surface area (Å²) in [5.74, 6) is 16.2. The number of aliphatic hydroxyl groups is 4. The lowest BCUT2D eigenvalue weighted by atomic mass is 9.90. The van der Waals surface area contributed by atoms with E-state index < -0.39 is 32.3 Å². The van der Waals surface area contributed by atoms with Crippen molar-refractivity contribution >= 4 is 120 Å². The largest absolute Gasteiger partial charge is 0.392 e. The molecule has 0 saturated heterocycles. The third-order valence-electron chi connectivity index (χ3n) is 22.7. The summed E-state index contributed by atoms with van der Waals surface area (Å²) in [6.07, 6.45) is 9.23. The molecule has 100 heavy (non-hydrogen) atoms. The van der Waals surface area contributed by atoms with Crippen molar-refractivity contribution < 1.29 is 20.4 Å². The fourth-order valence-corrected chi connectivity index (χ4v) is 34.7. The Kier molecular flexibility index (Phi) is 21.9. The van der Waals surface area contributed by atoms with E-state index in [1.54, 1.807) is 0 Å². The minimum atomic E-state index is -2.60. The van der Waals surface area contributed by atoms with E-state index >= 15 is 0 Å². The van der Waals surface area contributed by atoms with E-state index in [0.717, 1.165) is 108 Å². The first kappa shape index (κ1) is 72.9. The molecule has 4 N–H and O–H groups in total. The smallest absolute Gasteiger partial charge is 0.174 e. The molecular formula is C92H100O4Si4. The minimum absolute atomic E-state index is 0.00444. The highest BCUT2D eigenvalue weighted by Gasteiger charge is 2.44. The maximum absolute atomic E-state index is 10.2. The number of fused-ring (bicyclic) bond motifs is 6. The number of aliphatic hydroxyl groups excluding tert-OH is 4. The van der Waals surface area contributed by atoms with Gasteiger partial charge in [0, 0.05) is 22.3 Å². The molecule has 0 amide bonds. The summed E-state index contributed by atoms with van der Waals surface area (Å²) in [6, 6.07) is 61.5. The first-order valence-corrected chi connectivity index (χ1v) is 44.9. The van der Waals surface area contributed by atoms with Crippen LogP contribution >= 0.6 is 0 Å². The van der Waals surface area contributed by atoms with Gasteiger partial charge in [0.2, 0.25) is 0 Å². The topological polar surface area (TPSA) is 80.9 Å². The fourth-order valence-electron chi connectivity index (χ4n) is 17.0. The van der Waals surface area contributed by atoms with Crippen LogP contribution in [0.25, 0.3) is 67.4 Å². The highest BCUT2D eigenvalue weighted by Crippen LogP contribution is 2.40. The Morgan fingerprint density at radius 1 is 0.240 bits per heavy atom. The summed E-state index contributed by atoms with van der Waals surface area (Å²) in [7, 11) is -10.4. The zero-order chi connectivity index (χ0) is 71.6. The van der Waals surface area contributed by atoms with E-state index in [-0.39, 0.29) is 26.4 Å². The van der Waals surface area contributed by atoms with Gasteiger partial charge in [0.05, 0.1) is 26.4 Å². The molecule has 0 atom stereocenters. The van der Waals surface area contributed by atoms with Crippen LogP contribution in [-0.4, -0.2) is 52.7 Å². The Balaban J connectivity index is 1.26. The predicted molar refractivity (Wildman–Crippen MR) is 439 cm³/mol. The zero-order valence-electron chi connectivity index (χ0n) is 61.7. The van der Waals surface area contributed by atoms with Gasteiger partial charge in [-0.05, 0) is 176 Å². The van der Waals surface area contributed by atoms with Crippen LogP contribution < -0.4 is 41.6 Å². The molecule has 11 rings (SSSR count). The maximum atomic E-state index is 10.2. The van der Waals surface area contributed by atoms with Crippen molar-refractivity contribution in [1.29, 1.82) is 0 Å². The van der Waals surface area contributed by atoms with E-state index in [9.17, 15) is 20.4 Å². The van der Waals surface area contributed by atoms with Gasteiger partial charge < -0.3 is 20.4 Å². The molecule has 0 bridgehead atoms. The van der Waals surface area contributed by atoms with Crippen molar-refractivity contribution in [3.63, 3.8) is 0 Å². The molecule has 0 fully saturated rings. The third-order valence-corrected chi connectivity index (χ3v) is 44.5. The van der Waals surface area contributed by atoms with Gasteiger partial charge in [-0.1, -0.05) is 304 Å². The molecule has 0 radical (unpaired) electrons. The Labute approximate surface area is 599 Å². The van der Waals surface area contributed by atoms with Crippen LogP contribution in [0.5, 0.6) is 0 Å². The molecule has 0 aromatic heterocycles. The third kappa shape index (κ3) is 13.1. The van der Waals surface area contributed by atoms with E-state index in [0.29, 0.717) is 44.3 Å². The monoisotopic (exact) mass is 1380 g/mol. The normalized spacial score (nSPS) is 14.0. The molecular weight excluding hydrogens is 1280 g/mol. The number of hydrogen-bond acceptors (Lipinski definition) is 4. The fraction of sp³-hybridized carbons (Fsp3) is 0.304. The quantitative estimate of drug-likeness (QED) is 0.0441. The van der Waals surface area contributed by atoms with Crippen LogP contribution in [0.1, 0.15) is 155 Å². The van der Waals surface area contributed by atoms with Crippen LogP contribution in [-0.2, 0) is 26.4 Å². The molecule has 0 aliphatic heterocycles. The molecule has 10 aromatic rings. The van der Waals surface area contributed by atoms with Gasteiger partial charge in [0.25, 0.3) is 0 Å². The summed E-state index contributed by atoms with van der Waals surface area (Å²) in [4.78, 5) is 0. The van der Waals surface area contributed by atoms with Gasteiger partial charge in [-0.25, -0.2) is 0 Å². The SMILES string of the molecule is CC(C)[Si](C#Cc1c2ccccc2c(C#C[Si](c2ccc(CO)cc2)(C(C)C)C(C)C)c2cc3/c(cc12)=C\C=c1\cc2c(C#C[Si](c4ccc(CO)cc4)(C(C)C)C(C)C)c4ccccc4c(C#C[Si](c4ccc(CO)cc4)(C(C)C)C(C)C)c2c\c1=C\C=3)(c1ccc(CO)cc1)C(C)C. The molecule has 4 nitrogen and oxygen atoms in total. The van der Waals surface area contributed by atoms with Crippen molar-refractivity contribution in [2.75, 3.05) is 0 Å². The van der Waals surface area contributed by atoms with Crippen LogP contribution in [0.2, 0.25) is 44.3 Å². The van der Waals surface area contributed by atoms with Gasteiger partial charge in [-0.15, -0.1) is 22.2 Å². The molecule has 1 aliphatic carbocycles. The minimum Gasteiger partial charge on any atom is -0.392 e. The Bertz CT molecular complexity index is 4590. The highest BCUT2D eigenvalue weighted by molar-refractivity contribution is 7.02. The van der Waals surface area contributed by atoms with Crippen LogP contribution in [0.3, 0.4) is 0 Å². The predicted octanol–water partition coefficient (Wildman–Crippen LogP) is 15.4. The summed E-state index contributed by atoms with van der Waals surface area (Å²) in [6.45, 7) is 37.5. The van der Waals surface area contributed by atoms with Gasteiger partial charge in [0.1, 0.15) is 0 Å². The van der Waals surface area contributed by atoms with Gasteiger partial charge in [0.15, 0.2) is 32.3 Å². The molecule has 0 heterocycles. The van der Waals surface area contributed by atoms with E-state index in [2.05, 4.69) is 351 Å². The Hall–Kier alpha value is -8.33. The lowest BCUT2D eigenvalue weighted by molar-refractivity contribution is 0.281. The van der Waals surface area contributed by atoms with Gasteiger partial charge in [-0.3, -0.25) is 0 Å². The summed E-state index contributed by atoms with van der Waals surface area (Å²) in [5.41, 5.74) is 26.7. The van der Waals surface area contributed by atoms with Crippen molar-refractivity contribution in [1.82, 2.24) is 0 Å². The molecule has 508 valence electrons. The van der Waals surface area contributed by atoms with Crippen LogP contribution in [0.15, 0.2) is 170 Å². The van der Waals surface area contributed by atoms with Crippen molar-refractivity contribution in [2.45, 2.75) is 182 Å². The number of benzene rings is 10. The highest BCUT2D eigenvalue weighted by atomic mass is 28.3. The lowest BCUT2D eigenvalue weighted by Crippen LogP contribution is -2.52. The van der Waals surface area contributed by atoms with E-state index in [1.165, 1.54) is 20.7 Å². The summed E-state index contributed by atoms with van der Waals surface area (Å²) >= 11 is 0. The first-order chi connectivity index (χ1) is 47.9. The van der Waals surface area contributed by atoms with Crippen molar-refractivity contribution in [3.05, 3.63) is 235 Å². The Morgan fingerprint density at radius 2 is 0.410 bits per heavy atom. The van der Waals surface area contributed by atoms with Gasteiger partial charge >= 0.3 is 0 Å². The second kappa shape index (κ2) is 30.1. The second-order valence-corrected chi connectivity index (χ2v) is 49.9. The van der Waals surface area contributed by atoms with Crippen LogP contribution in [0, 0.1) is 45.9 Å². The molecule has 1 aliphatic rings. The van der Waals surface area contributed by atoms with Crippen molar-refractivity contribution in [3.8, 4) is 45.9 Å². The molecule has 0 saturated carbocycles. The average molecular weight is 1380 g/mol. The molecule has 10 aromatic carbocycles. The lowest BCUT2D eigenvalue weighted by Gasteiger charge is -2.35. The molecule has 0 unspecified atom stereocenters. The first-order valence-electron chi connectivity index (χ1n) is 36.3. The summed E-state index contributed by atoms with van der Waals surface area (Å²) < 4.78 is 0. The standard InChI is InChI=1S/C92H100O4Si4/c1-61(2)97(62(3)4,77-37-25-69(57-93)26-38-77)49-45-85-81-21-17-18-22-82(81)86(46-50-98(63(5)6,64(7)8)78-39-27-70(58-94)28-40-78)90-54-74-35-36-76-56-92-88(48-52-100(67(13)14,68(15)16)80-43-31-72(60-96)32-44-80)84-24-20-19-23-83(84)87(91(92)55-75(76)34-33-73(74)53-89(85)90)47-51-99(65(9)10,66(11)12)79-41-29-71(59-95)30-42-79/h17-44,53-56,61-68,93-96H,57-60H2,1-16H3/b34-33?,36-35?,73-33-,74-35-,75-34-,76-36-. The van der Waals surface area contributed by atoms with Gasteiger partial charge in [-0.2, -0.15) is 0 Å². The zero-order valence-corrected chi connectivity index (χ0v) is 65.7. The second-order valence-electron chi connectivity index (χ2n) is 30.4. The van der Waals surface area contributed by atoms with Crippen molar-refractivity contribution in [2.24, 2.45) is 0 Å². The van der Waals surface area contributed by atoms with Crippen LogP contribution in [0.4, 0.5) is 0 Å². The molecule has 8 heteroatoms. The average Bonchev–Trinajstić information content (AvgIpc) is 0.739. The number of hydrogen-bond donors (Lipinski definition) is 4.